The van der Waals surface area contributed by atoms with Crippen LogP contribution in [0.5, 0.6) is 0 Å². The molecule has 2 N–H and O–H groups in total. The number of benzene rings is 1. The fourth-order valence-corrected chi connectivity index (χ4v) is 3.82. The lowest BCUT2D eigenvalue weighted by molar-refractivity contribution is 0.248. The van der Waals surface area contributed by atoms with E-state index in [0.717, 1.165) is 44.5 Å². The molecule has 118 valence electrons. The van der Waals surface area contributed by atoms with E-state index in [9.17, 15) is 8.42 Å². The van der Waals surface area contributed by atoms with Gasteiger partial charge in [-0.1, -0.05) is 12.1 Å². The molecule has 1 fully saturated rings. The van der Waals surface area contributed by atoms with E-state index in [-0.39, 0.29) is 6.04 Å². The normalized spacial score (nSPS) is 18.0. The minimum Gasteiger partial charge on any atom is -0.319 e. The molecule has 21 heavy (non-hydrogen) atoms. The third-order valence-electron chi connectivity index (χ3n) is 3.94. The Morgan fingerprint density at radius 3 is 2.38 bits per heavy atom. The van der Waals surface area contributed by atoms with Crippen LogP contribution >= 0.6 is 0 Å². The summed E-state index contributed by atoms with van der Waals surface area (Å²) < 4.78 is 27.6. The zero-order valence-electron chi connectivity index (χ0n) is 12.8. The first-order valence-corrected chi connectivity index (χ1v) is 8.94. The first-order valence-electron chi connectivity index (χ1n) is 7.45. The van der Waals surface area contributed by atoms with E-state index in [4.69, 9.17) is 0 Å². The lowest BCUT2D eigenvalue weighted by Gasteiger charge is -2.29. The Labute approximate surface area is 127 Å². The largest absolute Gasteiger partial charge is 0.319 e. The Hall–Kier alpha value is -0.950. The maximum absolute atomic E-state index is 12.4. The van der Waals surface area contributed by atoms with Crippen LogP contribution in [0.15, 0.2) is 29.2 Å². The van der Waals surface area contributed by atoms with E-state index in [1.165, 1.54) is 0 Å². The molecule has 0 aromatic heterocycles. The van der Waals surface area contributed by atoms with Crippen molar-refractivity contribution in [3.05, 3.63) is 29.8 Å². The summed E-state index contributed by atoms with van der Waals surface area (Å²) >= 11 is 0. The highest BCUT2D eigenvalue weighted by Crippen LogP contribution is 2.15. The lowest BCUT2D eigenvalue weighted by atomic mass is 10.1. The van der Waals surface area contributed by atoms with Gasteiger partial charge in [0.1, 0.15) is 0 Å². The minimum absolute atomic E-state index is 0.0511. The maximum atomic E-state index is 12.4. The summed E-state index contributed by atoms with van der Waals surface area (Å²) in [6.07, 6.45) is 2.64. The number of piperidine rings is 1. The van der Waals surface area contributed by atoms with E-state index in [1.54, 1.807) is 12.1 Å². The highest BCUT2D eigenvalue weighted by molar-refractivity contribution is 7.89. The molecule has 1 saturated heterocycles. The van der Waals surface area contributed by atoms with Crippen molar-refractivity contribution in [3.63, 3.8) is 0 Å². The Kier molecular flexibility index (Phi) is 5.75. The molecule has 6 heteroatoms. The quantitative estimate of drug-likeness (QED) is 0.816. The number of hydrogen-bond acceptors (Lipinski definition) is 4. The SMILES string of the molecule is CNCCc1ccc(S(=O)(=O)NC2CCN(C)CC2)cc1. The number of rotatable bonds is 6. The first kappa shape index (κ1) is 16.4. The molecule has 0 spiro atoms. The fraction of sp³-hybridized carbons (Fsp3) is 0.600. The molecule has 1 aromatic rings. The molecule has 5 nitrogen and oxygen atoms in total. The van der Waals surface area contributed by atoms with Crippen LogP contribution in [0.1, 0.15) is 18.4 Å². The number of sulfonamides is 1. The predicted octanol–water partition coefficient (Wildman–Crippen LogP) is 0.821. The van der Waals surface area contributed by atoms with Gasteiger partial charge in [-0.15, -0.1) is 0 Å². The molecule has 0 atom stereocenters. The van der Waals surface area contributed by atoms with Gasteiger partial charge in [-0.25, -0.2) is 13.1 Å². The number of nitrogens with zero attached hydrogens (tertiary/aromatic N) is 1. The molecule has 0 saturated carbocycles. The minimum atomic E-state index is -3.40. The zero-order valence-corrected chi connectivity index (χ0v) is 13.6. The smallest absolute Gasteiger partial charge is 0.240 e. The molecule has 1 heterocycles. The molecule has 0 unspecified atom stereocenters. The summed E-state index contributed by atoms with van der Waals surface area (Å²) in [5.74, 6) is 0. The van der Waals surface area contributed by atoms with E-state index < -0.39 is 10.0 Å². The molecule has 1 aliphatic rings. The molecule has 0 aliphatic carbocycles. The first-order chi connectivity index (χ1) is 10.0. The van der Waals surface area contributed by atoms with Gasteiger partial charge in [0.2, 0.25) is 10.0 Å². The van der Waals surface area contributed by atoms with E-state index in [0.29, 0.717) is 4.90 Å². The van der Waals surface area contributed by atoms with Gasteiger partial charge < -0.3 is 10.2 Å². The van der Waals surface area contributed by atoms with Crippen molar-refractivity contribution in [3.8, 4) is 0 Å². The van der Waals surface area contributed by atoms with Crippen molar-refractivity contribution in [1.29, 1.82) is 0 Å². The van der Waals surface area contributed by atoms with Gasteiger partial charge in [0.05, 0.1) is 4.90 Å². The summed E-state index contributed by atoms with van der Waals surface area (Å²) in [6.45, 7) is 2.77. The maximum Gasteiger partial charge on any atom is 0.240 e. The Morgan fingerprint density at radius 1 is 1.19 bits per heavy atom. The predicted molar refractivity (Wildman–Crippen MR) is 84.9 cm³/mol. The summed E-state index contributed by atoms with van der Waals surface area (Å²) in [4.78, 5) is 2.58. The Bertz CT molecular complexity index is 535. The summed E-state index contributed by atoms with van der Waals surface area (Å²) in [7, 11) is 0.572. The second kappa shape index (κ2) is 7.35. The van der Waals surface area contributed by atoms with Gasteiger partial charge in [0.25, 0.3) is 0 Å². The van der Waals surface area contributed by atoms with Crippen molar-refractivity contribution in [2.75, 3.05) is 33.7 Å². The second-order valence-corrected chi connectivity index (χ2v) is 7.41. The highest BCUT2D eigenvalue weighted by atomic mass is 32.2. The topological polar surface area (TPSA) is 61.4 Å². The monoisotopic (exact) mass is 311 g/mol. The third-order valence-corrected chi connectivity index (χ3v) is 5.47. The van der Waals surface area contributed by atoms with Gasteiger partial charge in [-0.3, -0.25) is 0 Å². The molecule has 0 amide bonds. The van der Waals surface area contributed by atoms with Crippen LogP contribution < -0.4 is 10.0 Å². The molecule has 0 radical (unpaired) electrons. The second-order valence-electron chi connectivity index (χ2n) is 5.70. The van der Waals surface area contributed by atoms with E-state index >= 15 is 0 Å². The summed E-state index contributed by atoms with van der Waals surface area (Å²) in [6, 6.07) is 7.22. The van der Waals surface area contributed by atoms with Crippen LogP contribution in [0.4, 0.5) is 0 Å². The zero-order chi connectivity index (χ0) is 15.3. The molecule has 2 rings (SSSR count). The van der Waals surface area contributed by atoms with Crippen LogP contribution in [0, 0.1) is 0 Å². The fourth-order valence-electron chi connectivity index (χ4n) is 2.52. The summed E-state index contributed by atoms with van der Waals surface area (Å²) in [5.41, 5.74) is 1.14. The van der Waals surface area contributed by atoms with Gasteiger partial charge in [-0.2, -0.15) is 0 Å². The highest BCUT2D eigenvalue weighted by Gasteiger charge is 2.23. The van der Waals surface area contributed by atoms with Gasteiger partial charge in [0.15, 0.2) is 0 Å². The van der Waals surface area contributed by atoms with Crippen molar-refractivity contribution in [2.24, 2.45) is 0 Å². The van der Waals surface area contributed by atoms with Gasteiger partial charge in [0, 0.05) is 6.04 Å². The standard InChI is InChI=1S/C15H25N3O2S/c1-16-10-7-13-3-5-15(6-4-13)21(19,20)17-14-8-11-18(2)12-9-14/h3-6,14,16-17H,7-12H2,1-2H3. The summed E-state index contributed by atoms with van der Waals surface area (Å²) in [5, 5.41) is 3.08. The van der Waals surface area contributed by atoms with Gasteiger partial charge >= 0.3 is 0 Å². The third kappa shape index (κ3) is 4.78. The van der Waals surface area contributed by atoms with Crippen molar-refractivity contribution >= 4 is 10.0 Å². The van der Waals surface area contributed by atoms with Crippen molar-refractivity contribution < 1.29 is 8.42 Å². The Balaban J connectivity index is 1.98. The molecule has 0 bridgehead atoms. The van der Waals surface area contributed by atoms with Crippen LogP contribution in [-0.4, -0.2) is 53.1 Å². The van der Waals surface area contributed by atoms with E-state index in [1.807, 2.05) is 19.2 Å². The average Bonchev–Trinajstić information content (AvgIpc) is 2.48. The van der Waals surface area contributed by atoms with E-state index in [2.05, 4.69) is 22.0 Å². The van der Waals surface area contributed by atoms with Crippen LogP contribution in [-0.2, 0) is 16.4 Å². The molecule has 1 aliphatic heterocycles. The molecular formula is C15H25N3O2S. The molecular weight excluding hydrogens is 286 g/mol. The number of likely N-dealkylation sites (N-methyl/N-ethyl adjacent to an activating group) is 1. The molecule has 1 aromatic carbocycles. The number of nitrogens with one attached hydrogen (secondary N) is 2. The van der Waals surface area contributed by atoms with Crippen LogP contribution in [0.2, 0.25) is 0 Å². The van der Waals surface area contributed by atoms with Gasteiger partial charge in [-0.05, 0) is 70.7 Å². The van der Waals surface area contributed by atoms with Crippen molar-refractivity contribution in [1.82, 2.24) is 14.9 Å². The Morgan fingerprint density at radius 2 is 1.81 bits per heavy atom. The average molecular weight is 311 g/mol. The lowest BCUT2D eigenvalue weighted by Crippen LogP contribution is -2.43. The number of likely N-dealkylation sites (tertiary alicyclic amines) is 1. The van der Waals surface area contributed by atoms with Crippen LogP contribution in [0.25, 0.3) is 0 Å². The number of hydrogen-bond donors (Lipinski definition) is 2. The van der Waals surface area contributed by atoms with Crippen molar-refractivity contribution in [2.45, 2.75) is 30.2 Å². The van der Waals surface area contributed by atoms with Crippen LogP contribution in [0.3, 0.4) is 0 Å².